The second-order valence-corrected chi connectivity index (χ2v) is 10.6. The molecule has 1 aromatic carbocycles. The van der Waals surface area contributed by atoms with Gasteiger partial charge in [0, 0.05) is 32.6 Å². The van der Waals surface area contributed by atoms with E-state index in [1.165, 1.54) is 4.90 Å². The summed E-state index contributed by atoms with van der Waals surface area (Å²) in [4.78, 5) is 44.9. The third kappa shape index (κ3) is 4.78. The van der Waals surface area contributed by atoms with Crippen LogP contribution >= 0.6 is 0 Å². The van der Waals surface area contributed by atoms with Gasteiger partial charge in [0.25, 0.3) is 11.8 Å². The van der Waals surface area contributed by atoms with Gasteiger partial charge in [0.15, 0.2) is 6.10 Å². The van der Waals surface area contributed by atoms with Crippen molar-refractivity contribution in [3.8, 4) is 5.75 Å². The summed E-state index contributed by atoms with van der Waals surface area (Å²) >= 11 is 0. The number of benzene rings is 1. The van der Waals surface area contributed by atoms with E-state index >= 15 is 0 Å². The Hall–Kier alpha value is -2.61. The van der Waals surface area contributed by atoms with Gasteiger partial charge in [-0.1, -0.05) is 32.0 Å². The Labute approximate surface area is 202 Å². The molecule has 0 saturated carbocycles. The zero-order valence-corrected chi connectivity index (χ0v) is 20.9. The molecular weight excluding hydrogens is 432 g/mol. The number of hydrogen-bond donors (Lipinski definition) is 1. The SMILES string of the molecule is CC(C)CC[C@]1(C2CCN(C(=O)[C@H]3Cc4ccccc4O3)CC2)NC(=O)N(CCN(C)C)C1=O. The van der Waals surface area contributed by atoms with Crippen LogP contribution in [0.1, 0.15) is 45.1 Å². The largest absolute Gasteiger partial charge is 0.480 e. The van der Waals surface area contributed by atoms with Crippen LogP contribution in [0.2, 0.25) is 0 Å². The van der Waals surface area contributed by atoms with Gasteiger partial charge in [0.2, 0.25) is 0 Å². The second-order valence-electron chi connectivity index (χ2n) is 10.6. The lowest BCUT2D eigenvalue weighted by atomic mass is 9.73. The molecule has 2 atom stereocenters. The van der Waals surface area contributed by atoms with E-state index in [0.717, 1.165) is 17.7 Å². The molecule has 0 radical (unpaired) electrons. The number of carbonyl (C=O) groups excluding carboxylic acids is 3. The number of likely N-dealkylation sites (N-methyl/N-ethyl adjacent to an activating group) is 1. The fraction of sp³-hybridized carbons (Fsp3) is 0.654. The number of ether oxygens (including phenoxy) is 1. The zero-order chi connectivity index (χ0) is 24.5. The van der Waals surface area contributed by atoms with Crippen molar-refractivity contribution in [3.63, 3.8) is 0 Å². The Balaban J connectivity index is 1.43. The first-order valence-corrected chi connectivity index (χ1v) is 12.5. The molecule has 1 N–H and O–H groups in total. The predicted octanol–water partition coefficient (Wildman–Crippen LogP) is 2.52. The van der Waals surface area contributed by atoms with Crippen LogP contribution in [-0.4, -0.2) is 84.5 Å². The maximum absolute atomic E-state index is 13.6. The highest BCUT2D eigenvalue weighted by atomic mass is 16.5. The van der Waals surface area contributed by atoms with Crippen molar-refractivity contribution in [2.45, 2.75) is 57.6 Å². The van der Waals surface area contributed by atoms with Crippen molar-refractivity contribution >= 4 is 17.8 Å². The molecule has 0 aliphatic carbocycles. The lowest BCUT2D eigenvalue weighted by molar-refractivity contribution is -0.140. The molecule has 4 amide bonds. The van der Waals surface area contributed by atoms with E-state index in [9.17, 15) is 14.4 Å². The summed E-state index contributed by atoms with van der Waals surface area (Å²) < 4.78 is 5.91. The second kappa shape index (κ2) is 9.94. The summed E-state index contributed by atoms with van der Waals surface area (Å²) in [5.41, 5.74) is 0.198. The average Bonchev–Trinajstić information content (AvgIpc) is 3.35. The standard InChI is InChI=1S/C26H38N4O4/c1-18(2)9-12-26(24(32)30(25(33)27-26)16-15-28(3)4)20-10-13-29(14-11-20)23(31)22-17-19-7-5-6-8-21(19)34-22/h5-8,18,20,22H,9-17H2,1-4H3,(H,27,33)/t22-,26-/m1/s1. The van der Waals surface area contributed by atoms with Crippen LogP contribution in [-0.2, 0) is 16.0 Å². The van der Waals surface area contributed by atoms with Crippen molar-refractivity contribution in [1.82, 2.24) is 20.0 Å². The van der Waals surface area contributed by atoms with E-state index in [2.05, 4.69) is 19.2 Å². The van der Waals surface area contributed by atoms with E-state index in [1.54, 1.807) is 0 Å². The van der Waals surface area contributed by atoms with Crippen LogP contribution in [0.3, 0.4) is 0 Å². The third-order valence-corrected chi connectivity index (χ3v) is 7.51. The molecular formula is C26H38N4O4. The fourth-order valence-electron chi connectivity index (χ4n) is 5.43. The molecule has 2 saturated heterocycles. The van der Waals surface area contributed by atoms with E-state index < -0.39 is 11.6 Å². The molecule has 0 aromatic heterocycles. The van der Waals surface area contributed by atoms with Crippen molar-refractivity contribution in [3.05, 3.63) is 29.8 Å². The number of piperidine rings is 1. The van der Waals surface area contributed by atoms with Crippen molar-refractivity contribution < 1.29 is 19.1 Å². The van der Waals surface area contributed by atoms with E-state index in [0.29, 0.717) is 57.8 Å². The Morgan fingerprint density at radius 2 is 1.91 bits per heavy atom. The number of hydrogen-bond acceptors (Lipinski definition) is 5. The summed E-state index contributed by atoms with van der Waals surface area (Å²) in [5, 5.41) is 3.12. The minimum absolute atomic E-state index is 0.0119. The Bertz CT molecular complexity index is 900. The van der Waals surface area contributed by atoms with Crippen molar-refractivity contribution in [1.29, 1.82) is 0 Å². The van der Waals surface area contributed by atoms with Gasteiger partial charge in [0.05, 0.1) is 0 Å². The first-order chi connectivity index (χ1) is 16.2. The van der Waals surface area contributed by atoms with E-state index in [-0.39, 0.29) is 23.8 Å². The van der Waals surface area contributed by atoms with Gasteiger partial charge in [-0.3, -0.25) is 14.5 Å². The Morgan fingerprint density at radius 1 is 1.21 bits per heavy atom. The lowest BCUT2D eigenvalue weighted by Crippen LogP contribution is -2.57. The van der Waals surface area contributed by atoms with E-state index in [1.807, 2.05) is 48.2 Å². The predicted molar refractivity (Wildman–Crippen MR) is 129 cm³/mol. The minimum Gasteiger partial charge on any atom is -0.480 e. The van der Waals surface area contributed by atoms with Gasteiger partial charge in [-0.15, -0.1) is 0 Å². The van der Waals surface area contributed by atoms with Crippen molar-refractivity contribution in [2.24, 2.45) is 11.8 Å². The molecule has 3 aliphatic heterocycles. The molecule has 3 heterocycles. The maximum Gasteiger partial charge on any atom is 0.325 e. The number of carbonyl (C=O) groups is 3. The quantitative estimate of drug-likeness (QED) is 0.591. The number of likely N-dealkylation sites (tertiary alicyclic amines) is 1. The number of fused-ring (bicyclic) bond motifs is 1. The maximum atomic E-state index is 13.6. The number of amides is 4. The number of nitrogens with zero attached hydrogens (tertiary/aromatic N) is 3. The van der Waals surface area contributed by atoms with Gasteiger partial charge in [-0.05, 0) is 63.2 Å². The molecule has 0 spiro atoms. The molecule has 1 aromatic rings. The lowest BCUT2D eigenvalue weighted by Gasteiger charge is -2.41. The van der Waals surface area contributed by atoms with Crippen LogP contribution < -0.4 is 10.1 Å². The molecule has 186 valence electrons. The molecule has 8 nitrogen and oxygen atoms in total. The average molecular weight is 471 g/mol. The summed E-state index contributed by atoms with van der Waals surface area (Å²) in [6, 6.07) is 7.51. The summed E-state index contributed by atoms with van der Waals surface area (Å²) in [5.74, 6) is 1.15. The summed E-state index contributed by atoms with van der Waals surface area (Å²) in [6.07, 6.45) is 3.00. The number of imide groups is 1. The first kappa shape index (κ1) is 24.5. The van der Waals surface area contributed by atoms with Crippen LogP contribution in [0.15, 0.2) is 24.3 Å². The van der Waals surface area contributed by atoms with Gasteiger partial charge in [0.1, 0.15) is 11.3 Å². The van der Waals surface area contributed by atoms with Crippen LogP contribution in [0.5, 0.6) is 5.75 Å². The van der Waals surface area contributed by atoms with Gasteiger partial charge < -0.3 is 19.9 Å². The third-order valence-electron chi connectivity index (χ3n) is 7.51. The highest BCUT2D eigenvalue weighted by molar-refractivity contribution is 6.07. The molecule has 34 heavy (non-hydrogen) atoms. The molecule has 4 rings (SSSR count). The molecule has 0 unspecified atom stereocenters. The van der Waals surface area contributed by atoms with E-state index in [4.69, 9.17) is 4.74 Å². The number of para-hydroxylation sites is 1. The van der Waals surface area contributed by atoms with Gasteiger partial charge >= 0.3 is 6.03 Å². The highest BCUT2D eigenvalue weighted by Crippen LogP contribution is 2.38. The topological polar surface area (TPSA) is 82.2 Å². The molecule has 3 aliphatic rings. The summed E-state index contributed by atoms with van der Waals surface area (Å²) in [6.45, 7) is 6.45. The van der Waals surface area contributed by atoms with Crippen LogP contribution in [0, 0.1) is 11.8 Å². The van der Waals surface area contributed by atoms with Crippen molar-refractivity contribution in [2.75, 3.05) is 40.3 Å². The number of nitrogens with one attached hydrogen (secondary N) is 1. The zero-order valence-electron chi connectivity index (χ0n) is 20.9. The highest BCUT2D eigenvalue weighted by Gasteiger charge is 2.55. The number of urea groups is 1. The Morgan fingerprint density at radius 3 is 2.56 bits per heavy atom. The first-order valence-electron chi connectivity index (χ1n) is 12.5. The fourth-order valence-corrected chi connectivity index (χ4v) is 5.43. The molecule has 2 fully saturated rings. The molecule has 8 heteroatoms. The monoisotopic (exact) mass is 470 g/mol. The number of rotatable bonds is 8. The van der Waals surface area contributed by atoms with Crippen LogP contribution in [0.25, 0.3) is 0 Å². The smallest absolute Gasteiger partial charge is 0.325 e. The minimum atomic E-state index is -0.872. The molecule has 0 bridgehead atoms. The normalized spacial score (nSPS) is 25.2. The summed E-state index contributed by atoms with van der Waals surface area (Å²) in [7, 11) is 3.87. The van der Waals surface area contributed by atoms with Gasteiger partial charge in [-0.2, -0.15) is 0 Å². The van der Waals surface area contributed by atoms with Gasteiger partial charge in [-0.25, -0.2) is 4.79 Å². The Kier molecular flexibility index (Phi) is 7.17. The van der Waals surface area contributed by atoms with Crippen LogP contribution in [0.4, 0.5) is 4.79 Å².